The molecule has 3 aromatic rings. The lowest BCUT2D eigenvalue weighted by molar-refractivity contribution is 0.0991. The molecule has 0 saturated carbocycles. The van der Waals surface area contributed by atoms with Crippen LogP contribution in [-0.2, 0) is 6.61 Å². The Bertz CT molecular complexity index is 926. The number of nitrogens with two attached hydrogens (primary N) is 1. The first-order chi connectivity index (χ1) is 12.0. The lowest BCUT2D eigenvalue weighted by Crippen LogP contribution is -2.16. The molecule has 5 nitrogen and oxygen atoms in total. The number of hydrogen-bond donors (Lipinski definition) is 1. The summed E-state index contributed by atoms with van der Waals surface area (Å²) in [6.45, 7) is -0.141. The van der Waals surface area contributed by atoms with Gasteiger partial charge in [-0.1, -0.05) is 16.8 Å². The van der Waals surface area contributed by atoms with E-state index in [0.29, 0.717) is 16.5 Å². The summed E-state index contributed by atoms with van der Waals surface area (Å²) < 4.78 is 37.9. The second kappa shape index (κ2) is 6.90. The third kappa shape index (κ3) is 3.61. The van der Waals surface area contributed by atoms with Gasteiger partial charge in [-0.25, -0.2) is 8.78 Å². The fraction of sp³-hybridized carbons (Fsp3) is 0.0588. The van der Waals surface area contributed by atoms with E-state index in [2.05, 4.69) is 5.16 Å². The number of ether oxygens (including phenoxy) is 1. The van der Waals surface area contributed by atoms with Crippen LogP contribution in [0.15, 0.2) is 47.0 Å². The van der Waals surface area contributed by atoms with Crippen molar-refractivity contribution < 1.29 is 22.8 Å². The highest BCUT2D eigenvalue weighted by molar-refractivity contribution is 6.30. The van der Waals surface area contributed by atoms with E-state index in [1.54, 1.807) is 30.3 Å². The summed E-state index contributed by atoms with van der Waals surface area (Å²) in [7, 11) is 0. The molecule has 0 fully saturated rings. The number of hydrogen-bond acceptors (Lipinski definition) is 4. The van der Waals surface area contributed by atoms with Gasteiger partial charge in [-0.2, -0.15) is 0 Å². The van der Waals surface area contributed by atoms with E-state index in [4.69, 9.17) is 26.6 Å². The molecule has 1 amide bonds. The van der Waals surface area contributed by atoms with Crippen LogP contribution in [0, 0.1) is 11.6 Å². The van der Waals surface area contributed by atoms with Gasteiger partial charge in [-0.15, -0.1) is 0 Å². The van der Waals surface area contributed by atoms with Gasteiger partial charge in [0.1, 0.15) is 23.7 Å². The highest BCUT2D eigenvalue weighted by atomic mass is 35.5. The van der Waals surface area contributed by atoms with E-state index >= 15 is 0 Å². The van der Waals surface area contributed by atoms with E-state index < -0.39 is 23.1 Å². The Morgan fingerprint density at radius 3 is 2.60 bits per heavy atom. The van der Waals surface area contributed by atoms with Crippen LogP contribution in [0.2, 0.25) is 5.02 Å². The van der Waals surface area contributed by atoms with E-state index in [1.807, 2.05) is 0 Å². The van der Waals surface area contributed by atoms with Crippen LogP contribution in [0.3, 0.4) is 0 Å². The topological polar surface area (TPSA) is 78.4 Å². The molecular weight excluding hydrogens is 354 g/mol. The summed E-state index contributed by atoms with van der Waals surface area (Å²) >= 11 is 5.82. The van der Waals surface area contributed by atoms with Gasteiger partial charge in [0.05, 0.1) is 0 Å². The zero-order chi connectivity index (χ0) is 18.0. The third-order valence-electron chi connectivity index (χ3n) is 3.37. The van der Waals surface area contributed by atoms with Gasteiger partial charge in [0, 0.05) is 16.7 Å². The molecule has 0 aliphatic rings. The van der Waals surface area contributed by atoms with Crippen molar-refractivity contribution >= 4 is 17.5 Å². The predicted molar refractivity (Wildman–Crippen MR) is 86.2 cm³/mol. The molecule has 2 aromatic carbocycles. The number of aromatic nitrogens is 1. The number of nitrogens with zero attached hydrogens (tertiary/aromatic N) is 1. The standard InChI is InChI=1S/C17H11ClF2N2O3/c18-10-3-1-9(2-4-10)14-7-11(22-25-14)8-24-13-6-5-12(19)15(16(13)20)17(21)23/h1-7H,8H2,(H2,21,23). The molecule has 0 aliphatic heterocycles. The monoisotopic (exact) mass is 364 g/mol. The largest absolute Gasteiger partial charge is 0.484 e. The maximum Gasteiger partial charge on any atom is 0.254 e. The SMILES string of the molecule is NC(=O)c1c(F)ccc(OCc2cc(-c3ccc(Cl)cc3)on2)c1F. The van der Waals surface area contributed by atoms with Crippen LogP contribution >= 0.6 is 11.6 Å². The molecule has 0 aliphatic carbocycles. The third-order valence-corrected chi connectivity index (χ3v) is 3.62. The average molecular weight is 365 g/mol. The molecule has 1 aromatic heterocycles. The van der Waals surface area contributed by atoms with Crippen LogP contribution < -0.4 is 10.5 Å². The molecule has 128 valence electrons. The second-order valence-electron chi connectivity index (χ2n) is 5.08. The molecule has 1 heterocycles. The fourth-order valence-electron chi connectivity index (χ4n) is 2.15. The molecule has 0 saturated heterocycles. The summed E-state index contributed by atoms with van der Waals surface area (Å²) in [6, 6.07) is 10.5. The van der Waals surface area contributed by atoms with Crippen LogP contribution in [-0.4, -0.2) is 11.1 Å². The maximum atomic E-state index is 14.1. The molecule has 3 rings (SSSR count). The Morgan fingerprint density at radius 1 is 1.20 bits per heavy atom. The number of halogens is 3. The summed E-state index contributed by atoms with van der Waals surface area (Å²) in [5, 5.41) is 4.40. The number of amides is 1. The number of carbonyl (C=O) groups excluding carboxylic acids is 1. The molecule has 0 atom stereocenters. The zero-order valence-corrected chi connectivity index (χ0v) is 13.4. The van der Waals surface area contributed by atoms with Gasteiger partial charge in [-0.3, -0.25) is 4.79 Å². The van der Waals surface area contributed by atoms with Gasteiger partial charge in [-0.05, 0) is 36.4 Å². The smallest absolute Gasteiger partial charge is 0.254 e. The summed E-state index contributed by atoms with van der Waals surface area (Å²) in [6.07, 6.45) is 0. The van der Waals surface area contributed by atoms with E-state index in [-0.39, 0.29) is 12.4 Å². The van der Waals surface area contributed by atoms with Crippen molar-refractivity contribution in [1.29, 1.82) is 0 Å². The number of carbonyl (C=O) groups is 1. The predicted octanol–water partition coefficient (Wildman–Crippen LogP) is 3.95. The highest BCUT2D eigenvalue weighted by Crippen LogP contribution is 2.25. The number of primary amides is 1. The molecule has 0 unspecified atom stereocenters. The zero-order valence-electron chi connectivity index (χ0n) is 12.6. The van der Waals surface area contributed by atoms with Gasteiger partial charge in [0.2, 0.25) is 0 Å². The number of benzene rings is 2. The summed E-state index contributed by atoms with van der Waals surface area (Å²) in [5.41, 5.74) is 5.25. The minimum atomic E-state index is -1.22. The van der Waals surface area contributed by atoms with Crippen LogP contribution in [0.4, 0.5) is 8.78 Å². The minimum Gasteiger partial charge on any atom is -0.484 e. The van der Waals surface area contributed by atoms with E-state index in [9.17, 15) is 13.6 Å². The molecule has 0 radical (unpaired) electrons. The van der Waals surface area contributed by atoms with Crippen molar-refractivity contribution in [3.05, 3.63) is 70.4 Å². The van der Waals surface area contributed by atoms with Crippen molar-refractivity contribution in [2.75, 3.05) is 0 Å². The van der Waals surface area contributed by atoms with Gasteiger partial charge < -0.3 is 15.0 Å². The normalized spacial score (nSPS) is 10.7. The maximum absolute atomic E-state index is 14.1. The van der Waals surface area contributed by atoms with Crippen LogP contribution in [0.1, 0.15) is 16.1 Å². The van der Waals surface area contributed by atoms with Crippen molar-refractivity contribution in [2.45, 2.75) is 6.61 Å². The fourth-order valence-corrected chi connectivity index (χ4v) is 2.28. The first-order valence-electron chi connectivity index (χ1n) is 7.08. The van der Waals surface area contributed by atoms with Crippen LogP contribution in [0.25, 0.3) is 11.3 Å². The van der Waals surface area contributed by atoms with Gasteiger partial charge >= 0.3 is 0 Å². The minimum absolute atomic E-state index is 0.141. The van der Waals surface area contributed by atoms with Crippen molar-refractivity contribution in [2.24, 2.45) is 5.73 Å². The average Bonchev–Trinajstić information content (AvgIpc) is 3.03. The molecule has 0 spiro atoms. The molecule has 0 bridgehead atoms. The Labute approximate surface area is 145 Å². The highest BCUT2D eigenvalue weighted by Gasteiger charge is 2.19. The first kappa shape index (κ1) is 16.9. The van der Waals surface area contributed by atoms with Crippen molar-refractivity contribution in [1.82, 2.24) is 5.16 Å². The Morgan fingerprint density at radius 2 is 1.92 bits per heavy atom. The lowest BCUT2D eigenvalue weighted by Gasteiger charge is -2.08. The summed E-state index contributed by atoms with van der Waals surface area (Å²) in [4.78, 5) is 11.1. The molecule has 2 N–H and O–H groups in total. The summed E-state index contributed by atoms with van der Waals surface area (Å²) in [5.74, 6) is -3.26. The van der Waals surface area contributed by atoms with Gasteiger partial charge in [0.25, 0.3) is 5.91 Å². The Hall–Kier alpha value is -2.93. The lowest BCUT2D eigenvalue weighted by atomic mass is 10.1. The van der Waals surface area contributed by atoms with Crippen molar-refractivity contribution in [3.8, 4) is 17.1 Å². The Balaban J connectivity index is 1.76. The number of rotatable bonds is 5. The second-order valence-corrected chi connectivity index (χ2v) is 5.51. The van der Waals surface area contributed by atoms with E-state index in [1.165, 1.54) is 0 Å². The van der Waals surface area contributed by atoms with Crippen LogP contribution in [0.5, 0.6) is 5.75 Å². The molecular formula is C17H11ClF2N2O3. The quantitative estimate of drug-likeness (QED) is 0.743. The molecule has 8 heteroatoms. The molecule has 25 heavy (non-hydrogen) atoms. The van der Waals surface area contributed by atoms with Gasteiger partial charge in [0.15, 0.2) is 17.3 Å². The van der Waals surface area contributed by atoms with Crippen molar-refractivity contribution in [3.63, 3.8) is 0 Å². The first-order valence-corrected chi connectivity index (χ1v) is 7.45. The van der Waals surface area contributed by atoms with E-state index in [0.717, 1.165) is 17.7 Å². The Kier molecular flexibility index (Phi) is 4.67.